The molecule has 0 radical (unpaired) electrons. The SMILES string of the molecule is COCCC1CC(C(=O)Nc2cc(C(N)=O)c(NC(N)=O)s2)CCC1C(=O)O. The number of carboxylic acid groups (broad SMARTS) is 1. The molecule has 154 valence electrons. The number of ether oxygens (including phenoxy) is 1. The van der Waals surface area contributed by atoms with Crippen LogP contribution in [-0.2, 0) is 14.3 Å². The highest BCUT2D eigenvalue weighted by molar-refractivity contribution is 7.20. The van der Waals surface area contributed by atoms with Crippen LogP contribution in [-0.4, -0.2) is 42.6 Å². The molecule has 2 rings (SSSR count). The van der Waals surface area contributed by atoms with E-state index in [1.807, 2.05) is 0 Å². The summed E-state index contributed by atoms with van der Waals surface area (Å²) in [5.74, 6) is -2.89. The van der Waals surface area contributed by atoms with Gasteiger partial charge in [-0.1, -0.05) is 11.3 Å². The summed E-state index contributed by atoms with van der Waals surface area (Å²) in [5.41, 5.74) is 10.4. The number of primary amides is 2. The third kappa shape index (κ3) is 5.42. The zero-order valence-electron chi connectivity index (χ0n) is 15.4. The Balaban J connectivity index is 2.08. The molecule has 0 spiro atoms. The van der Waals surface area contributed by atoms with E-state index >= 15 is 0 Å². The number of anilines is 2. The Labute approximate surface area is 165 Å². The quantitative estimate of drug-likeness (QED) is 0.432. The van der Waals surface area contributed by atoms with Crippen LogP contribution in [0.5, 0.6) is 0 Å². The van der Waals surface area contributed by atoms with Crippen molar-refractivity contribution in [2.75, 3.05) is 24.4 Å². The first-order chi connectivity index (χ1) is 13.2. The Morgan fingerprint density at radius 1 is 1.25 bits per heavy atom. The lowest BCUT2D eigenvalue weighted by Gasteiger charge is -2.33. The molecule has 0 aliphatic heterocycles. The molecule has 4 amide bonds. The predicted molar refractivity (Wildman–Crippen MR) is 103 cm³/mol. The van der Waals surface area contributed by atoms with Gasteiger partial charge in [-0.25, -0.2) is 4.79 Å². The number of carbonyl (C=O) groups is 4. The molecule has 3 unspecified atom stereocenters. The zero-order chi connectivity index (χ0) is 20.8. The first kappa shape index (κ1) is 21.6. The Kier molecular flexibility index (Phi) is 7.35. The van der Waals surface area contributed by atoms with E-state index in [2.05, 4.69) is 10.6 Å². The molecular formula is C17H24N4O6S. The average Bonchev–Trinajstić information content (AvgIpc) is 3.01. The number of aliphatic carboxylic acids is 1. The van der Waals surface area contributed by atoms with Gasteiger partial charge >= 0.3 is 12.0 Å². The van der Waals surface area contributed by atoms with Crippen molar-refractivity contribution in [1.82, 2.24) is 0 Å². The highest BCUT2D eigenvalue weighted by atomic mass is 32.1. The van der Waals surface area contributed by atoms with Crippen LogP contribution in [0.2, 0.25) is 0 Å². The summed E-state index contributed by atoms with van der Waals surface area (Å²) in [6.07, 6.45) is 1.86. The van der Waals surface area contributed by atoms with E-state index < -0.39 is 23.8 Å². The normalized spacial score (nSPS) is 21.7. The molecule has 0 bridgehead atoms. The van der Waals surface area contributed by atoms with Crippen LogP contribution < -0.4 is 22.1 Å². The van der Waals surface area contributed by atoms with Gasteiger partial charge in [-0.2, -0.15) is 0 Å². The molecule has 0 saturated heterocycles. The number of nitrogens with one attached hydrogen (secondary N) is 2. The molecule has 1 saturated carbocycles. The fourth-order valence-electron chi connectivity index (χ4n) is 3.48. The number of methoxy groups -OCH3 is 1. The van der Waals surface area contributed by atoms with Gasteiger partial charge < -0.3 is 26.6 Å². The minimum atomic E-state index is -0.855. The molecule has 1 aliphatic carbocycles. The maximum Gasteiger partial charge on any atom is 0.317 e. The maximum absolute atomic E-state index is 12.7. The number of thiophene rings is 1. The summed E-state index contributed by atoms with van der Waals surface area (Å²) in [7, 11) is 1.55. The van der Waals surface area contributed by atoms with Gasteiger partial charge in [-0.05, 0) is 37.7 Å². The summed E-state index contributed by atoms with van der Waals surface area (Å²) < 4.78 is 5.05. The summed E-state index contributed by atoms with van der Waals surface area (Å²) in [6, 6.07) is 0.525. The number of rotatable bonds is 8. The Bertz CT molecular complexity index is 765. The monoisotopic (exact) mass is 412 g/mol. The van der Waals surface area contributed by atoms with Gasteiger partial charge in [0.2, 0.25) is 5.91 Å². The van der Waals surface area contributed by atoms with E-state index in [-0.39, 0.29) is 28.3 Å². The van der Waals surface area contributed by atoms with Crippen molar-refractivity contribution < 1.29 is 29.0 Å². The van der Waals surface area contributed by atoms with Crippen LogP contribution in [0, 0.1) is 17.8 Å². The standard InChI is InChI=1S/C17H24N4O6S/c1-27-5-4-8-6-9(2-3-10(8)16(24)25)14(23)20-12-7-11(13(18)22)15(28-12)21-17(19)26/h7-10H,2-6H2,1H3,(H2,18,22)(H,20,23)(H,24,25)(H3,19,21,26). The van der Waals surface area contributed by atoms with Gasteiger partial charge in [-0.15, -0.1) is 0 Å². The van der Waals surface area contributed by atoms with Crippen molar-refractivity contribution in [1.29, 1.82) is 0 Å². The fraction of sp³-hybridized carbons (Fsp3) is 0.529. The van der Waals surface area contributed by atoms with Gasteiger partial charge in [0.15, 0.2) is 0 Å². The lowest BCUT2D eigenvalue weighted by atomic mass is 9.72. The summed E-state index contributed by atoms with van der Waals surface area (Å²) in [4.78, 5) is 46.7. The minimum absolute atomic E-state index is 0.0478. The molecular weight excluding hydrogens is 388 g/mol. The lowest BCUT2D eigenvalue weighted by Crippen LogP contribution is -2.36. The van der Waals surface area contributed by atoms with E-state index in [4.69, 9.17) is 16.2 Å². The summed E-state index contributed by atoms with van der Waals surface area (Å²) >= 11 is 0.970. The smallest absolute Gasteiger partial charge is 0.317 e. The van der Waals surface area contributed by atoms with E-state index in [1.165, 1.54) is 6.07 Å². The van der Waals surface area contributed by atoms with Gasteiger partial charge in [0.25, 0.3) is 5.91 Å². The van der Waals surface area contributed by atoms with Crippen LogP contribution in [0.15, 0.2) is 6.07 Å². The number of hydrogen-bond acceptors (Lipinski definition) is 6. The van der Waals surface area contributed by atoms with E-state index in [9.17, 15) is 24.3 Å². The highest BCUT2D eigenvalue weighted by Gasteiger charge is 2.37. The molecule has 1 fully saturated rings. The van der Waals surface area contributed by atoms with Crippen LogP contribution in [0.3, 0.4) is 0 Å². The topological polar surface area (TPSA) is 174 Å². The number of urea groups is 1. The molecule has 10 nitrogen and oxygen atoms in total. The minimum Gasteiger partial charge on any atom is -0.481 e. The Morgan fingerprint density at radius 3 is 2.54 bits per heavy atom. The van der Waals surface area contributed by atoms with Crippen molar-refractivity contribution in [3.63, 3.8) is 0 Å². The molecule has 3 atom stereocenters. The van der Waals surface area contributed by atoms with Crippen molar-refractivity contribution in [3.05, 3.63) is 11.6 Å². The first-order valence-corrected chi connectivity index (χ1v) is 9.57. The summed E-state index contributed by atoms with van der Waals surface area (Å²) in [6.45, 7) is 0.428. The van der Waals surface area contributed by atoms with Crippen LogP contribution in [0.4, 0.5) is 14.8 Å². The number of amides is 4. The predicted octanol–water partition coefficient (Wildman–Crippen LogP) is 1.43. The molecule has 1 heterocycles. The van der Waals surface area contributed by atoms with Gasteiger partial charge in [0.05, 0.1) is 16.5 Å². The molecule has 1 aliphatic rings. The van der Waals surface area contributed by atoms with Crippen molar-refractivity contribution in [2.45, 2.75) is 25.7 Å². The zero-order valence-corrected chi connectivity index (χ0v) is 16.2. The van der Waals surface area contributed by atoms with Gasteiger partial charge in [0.1, 0.15) is 5.00 Å². The van der Waals surface area contributed by atoms with Crippen LogP contribution in [0.1, 0.15) is 36.0 Å². The van der Waals surface area contributed by atoms with E-state index in [0.717, 1.165) is 11.3 Å². The number of carbonyl (C=O) groups excluding carboxylic acids is 3. The van der Waals surface area contributed by atoms with Crippen molar-refractivity contribution >= 4 is 45.2 Å². The molecule has 0 aromatic carbocycles. The molecule has 7 N–H and O–H groups in total. The van der Waals surface area contributed by atoms with Crippen LogP contribution in [0.25, 0.3) is 0 Å². The molecule has 1 aromatic rings. The van der Waals surface area contributed by atoms with Crippen molar-refractivity contribution in [3.8, 4) is 0 Å². The molecule has 28 heavy (non-hydrogen) atoms. The molecule has 11 heteroatoms. The third-order valence-corrected chi connectivity index (χ3v) is 5.81. The van der Waals surface area contributed by atoms with Crippen molar-refractivity contribution in [2.24, 2.45) is 29.2 Å². The third-order valence-electron chi connectivity index (χ3n) is 4.84. The van der Waals surface area contributed by atoms with Gasteiger partial charge in [-0.3, -0.25) is 19.7 Å². The Morgan fingerprint density at radius 2 is 1.96 bits per heavy atom. The lowest BCUT2D eigenvalue weighted by molar-refractivity contribution is -0.146. The van der Waals surface area contributed by atoms with E-state index in [1.54, 1.807) is 7.11 Å². The van der Waals surface area contributed by atoms with Gasteiger partial charge in [0, 0.05) is 19.6 Å². The maximum atomic E-state index is 12.7. The first-order valence-electron chi connectivity index (χ1n) is 8.75. The van der Waals surface area contributed by atoms with E-state index in [0.29, 0.717) is 37.3 Å². The number of nitrogens with two attached hydrogens (primary N) is 2. The summed E-state index contributed by atoms with van der Waals surface area (Å²) in [5, 5.41) is 14.9. The molecule has 1 aromatic heterocycles. The second-order valence-electron chi connectivity index (χ2n) is 6.69. The second-order valence-corrected chi connectivity index (χ2v) is 7.74. The Hall–Kier alpha value is -2.66. The van der Waals surface area contributed by atoms with Crippen LogP contribution >= 0.6 is 11.3 Å². The number of hydrogen-bond donors (Lipinski definition) is 5. The number of carboxylic acids is 1. The fourth-order valence-corrected chi connectivity index (χ4v) is 4.45. The second kappa shape index (κ2) is 9.51. The largest absolute Gasteiger partial charge is 0.481 e. The highest BCUT2D eigenvalue weighted by Crippen LogP contribution is 2.38. The average molecular weight is 412 g/mol.